The number of likely N-dealkylation sites (tertiary alicyclic amines) is 1. The Morgan fingerprint density at radius 1 is 1.26 bits per heavy atom. The van der Waals surface area contributed by atoms with Crippen LogP contribution >= 0.6 is 0 Å². The van der Waals surface area contributed by atoms with E-state index in [4.69, 9.17) is 0 Å². The van der Waals surface area contributed by atoms with Crippen LogP contribution in [0.5, 0.6) is 5.75 Å². The van der Waals surface area contributed by atoms with Gasteiger partial charge in [0.05, 0.1) is 5.56 Å². The lowest BCUT2D eigenvalue weighted by molar-refractivity contribution is -0.138. The highest BCUT2D eigenvalue weighted by molar-refractivity contribution is 5.38. The van der Waals surface area contributed by atoms with E-state index in [0.717, 1.165) is 38.1 Å². The number of rotatable bonds is 2. The summed E-state index contributed by atoms with van der Waals surface area (Å²) < 4.78 is 38.1. The second-order valence-corrected chi connectivity index (χ2v) is 5.31. The molecule has 0 radical (unpaired) electrons. The highest BCUT2D eigenvalue weighted by Crippen LogP contribution is 2.36. The topological polar surface area (TPSA) is 23.5 Å². The summed E-state index contributed by atoms with van der Waals surface area (Å²) in [4.78, 5) is 2.16. The third-order valence-electron chi connectivity index (χ3n) is 3.65. The number of hydrogen-bond donors (Lipinski definition) is 1. The first-order chi connectivity index (χ1) is 8.86. The van der Waals surface area contributed by atoms with Crippen LogP contribution in [0.3, 0.4) is 0 Å². The molecular formula is C14H18F3NO. The fourth-order valence-corrected chi connectivity index (χ4v) is 2.39. The van der Waals surface area contributed by atoms with Gasteiger partial charge in [-0.25, -0.2) is 0 Å². The highest BCUT2D eigenvalue weighted by atomic mass is 19.4. The molecular weight excluding hydrogens is 255 g/mol. The molecule has 1 aliphatic heterocycles. The summed E-state index contributed by atoms with van der Waals surface area (Å²) in [5.41, 5.74) is -0.352. The van der Waals surface area contributed by atoms with Gasteiger partial charge < -0.3 is 5.11 Å². The normalized spacial score (nSPS) is 18.7. The fraction of sp³-hybridized carbons (Fsp3) is 0.571. The Morgan fingerprint density at radius 3 is 2.47 bits per heavy atom. The molecule has 5 heteroatoms. The van der Waals surface area contributed by atoms with Crippen LogP contribution in [0.25, 0.3) is 0 Å². The minimum atomic E-state index is -4.50. The summed E-state index contributed by atoms with van der Waals surface area (Å²) in [6.45, 7) is 4.54. The van der Waals surface area contributed by atoms with E-state index in [1.165, 1.54) is 0 Å². The Bertz CT molecular complexity index is 437. The standard InChI is InChI=1S/C14H18F3NO/c1-10-4-6-18(7-5-10)9-11-2-3-13(19)12(8-11)14(15,16)17/h2-3,8,10,19H,4-7,9H2,1H3. The zero-order chi connectivity index (χ0) is 14.0. The Hall–Kier alpha value is -1.23. The van der Waals surface area contributed by atoms with Crippen molar-refractivity contribution >= 4 is 0 Å². The number of piperidine rings is 1. The van der Waals surface area contributed by atoms with Gasteiger partial charge in [-0.15, -0.1) is 0 Å². The molecule has 106 valence electrons. The van der Waals surface area contributed by atoms with Crippen molar-refractivity contribution in [2.75, 3.05) is 13.1 Å². The van der Waals surface area contributed by atoms with E-state index in [1.807, 2.05) is 0 Å². The van der Waals surface area contributed by atoms with Gasteiger partial charge in [-0.05, 0) is 49.5 Å². The van der Waals surface area contributed by atoms with Gasteiger partial charge >= 0.3 is 6.18 Å². The van der Waals surface area contributed by atoms with E-state index in [0.29, 0.717) is 18.0 Å². The van der Waals surface area contributed by atoms with Crippen LogP contribution in [-0.4, -0.2) is 23.1 Å². The first kappa shape index (κ1) is 14.2. The molecule has 0 amide bonds. The number of phenolic OH excluding ortho intramolecular Hbond substituents is 1. The van der Waals surface area contributed by atoms with Gasteiger partial charge in [0.1, 0.15) is 5.75 Å². The van der Waals surface area contributed by atoms with Gasteiger partial charge in [0.15, 0.2) is 0 Å². The number of nitrogens with zero attached hydrogens (tertiary/aromatic N) is 1. The molecule has 1 aliphatic rings. The van der Waals surface area contributed by atoms with Crippen molar-refractivity contribution in [2.24, 2.45) is 5.92 Å². The minimum Gasteiger partial charge on any atom is -0.507 e. The summed E-state index contributed by atoms with van der Waals surface area (Å²) in [5.74, 6) is -0.00896. The molecule has 1 saturated heterocycles. The van der Waals surface area contributed by atoms with E-state index in [1.54, 1.807) is 6.07 Å². The van der Waals surface area contributed by atoms with E-state index in [2.05, 4.69) is 11.8 Å². The Morgan fingerprint density at radius 2 is 1.89 bits per heavy atom. The van der Waals surface area contributed by atoms with Crippen LogP contribution in [-0.2, 0) is 12.7 Å². The number of benzene rings is 1. The lowest BCUT2D eigenvalue weighted by atomic mass is 9.98. The zero-order valence-electron chi connectivity index (χ0n) is 10.9. The quantitative estimate of drug-likeness (QED) is 0.889. The Kier molecular flexibility index (Phi) is 4.04. The number of aromatic hydroxyl groups is 1. The molecule has 2 nitrogen and oxygen atoms in total. The average Bonchev–Trinajstić information content (AvgIpc) is 2.33. The number of alkyl halides is 3. The van der Waals surface area contributed by atoms with Crippen molar-refractivity contribution < 1.29 is 18.3 Å². The van der Waals surface area contributed by atoms with Crippen molar-refractivity contribution in [3.05, 3.63) is 29.3 Å². The van der Waals surface area contributed by atoms with Crippen LogP contribution in [0.2, 0.25) is 0 Å². The molecule has 1 N–H and O–H groups in total. The van der Waals surface area contributed by atoms with Crippen molar-refractivity contribution in [1.82, 2.24) is 4.90 Å². The van der Waals surface area contributed by atoms with E-state index >= 15 is 0 Å². The smallest absolute Gasteiger partial charge is 0.419 e. The van der Waals surface area contributed by atoms with Gasteiger partial charge in [0.25, 0.3) is 0 Å². The average molecular weight is 273 g/mol. The van der Waals surface area contributed by atoms with Crippen molar-refractivity contribution in [3.8, 4) is 5.75 Å². The lowest BCUT2D eigenvalue weighted by Gasteiger charge is -2.30. The summed E-state index contributed by atoms with van der Waals surface area (Å²) in [6, 6.07) is 3.74. The third-order valence-corrected chi connectivity index (χ3v) is 3.65. The van der Waals surface area contributed by atoms with E-state index < -0.39 is 17.5 Å². The zero-order valence-corrected chi connectivity index (χ0v) is 10.9. The van der Waals surface area contributed by atoms with Crippen molar-refractivity contribution in [3.63, 3.8) is 0 Å². The molecule has 0 bridgehead atoms. The summed E-state index contributed by atoms with van der Waals surface area (Å²) in [6.07, 6.45) is -2.33. The maximum atomic E-state index is 12.7. The van der Waals surface area contributed by atoms with E-state index in [9.17, 15) is 18.3 Å². The molecule has 1 aromatic carbocycles. The second-order valence-electron chi connectivity index (χ2n) is 5.31. The summed E-state index contributed by atoms with van der Waals surface area (Å²) in [5, 5.41) is 9.28. The lowest BCUT2D eigenvalue weighted by Crippen LogP contribution is -2.32. The molecule has 1 aromatic rings. The van der Waals surface area contributed by atoms with Crippen molar-refractivity contribution in [2.45, 2.75) is 32.5 Å². The Balaban J connectivity index is 2.09. The maximum absolute atomic E-state index is 12.7. The molecule has 0 spiro atoms. The van der Waals surface area contributed by atoms with Crippen molar-refractivity contribution in [1.29, 1.82) is 0 Å². The first-order valence-electron chi connectivity index (χ1n) is 6.47. The fourth-order valence-electron chi connectivity index (χ4n) is 2.39. The molecule has 0 aromatic heterocycles. The molecule has 0 unspecified atom stereocenters. The predicted molar refractivity (Wildman–Crippen MR) is 66.8 cm³/mol. The molecule has 0 saturated carbocycles. The van der Waals surface area contributed by atoms with Crippen LogP contribution in [0.1, 0.15) is 30.9 Å². The first-order valence-corrected chi connectivity index (χ1v) is 6.47. The third kappa shape index (κ3) is 3.62. The molecule has 2 rings (SSSR count). The molecule has 1 fully saturated rings. The predicted octanol–water partition coefficient (Wildman–Crippen LogP) is 3.64. The maximum Gasteiger partial charge on any atom is 0.419 e. The number of hydrogen-bond acceptors (Lipinski definition) is 2. The number of halogens is 3. The van der Waals surface area contributed by atoms with Crippen LogP contribution in [0.4, 0.5) is 13.2 Å². The largest absolute Gasteiger partial charge is 0.507 e. The molecule has 0 atom stereocenters. The van der Waals surface area contributed by atoms with Crippen LogP contribution in [0, 0.1) is 5.92 Å². The Labute approximate surface area is 110 Å². The molecule has 0 aliphatic carbocycles. The molecule has 1 heterocycles. The van der Waals surface area contributed by atoms with Gasteiger partial charge in [0.2, 0.25) is 0 Å². The monoisotopic (exact) mass is 273 g/mol. The van der Waals surface area contributed by atoms with Crippen LogP contribution in [0.15, 0.2) is 18.2 Å². The molecule has 19 heavy (non-hydrogen) atoms. The van der Waals surface area contributed by atoms with Gasteiger partial charge in [0, 0.05) is 6.54 Å². The van der Waals surface area contributed by atoms with Gasteiger partial charge in [-0.1, -0.05) is 13.0 Å². The minimum absolute atomic E-state index is 0.510. The van der Waals surface area contributed by atoms with Gasteiger partial charge in [-0.2, -0.15) is 13.2 Å². The highest BCUT2D eigenvalue weighted by Gasteiger charge is 2.34. The van der Waals surface area contributed by atoms with E-state index in [-0.39, 0.29) is 0 Å². The second kappa shape index (κ2) is 5.41. The number of phenols is 1. The summed E-state index contributed by atoms with van der Waals surface area (Å²) >= 11 is 0. The van der Waals surface area contributed by atoms with Crippen LogP contribution < -0.4 is 0 Å². The SMILES string of the molecule is CC1CCN(Cc2ccc(O)c(C(F)(F)F)c2)CC1. The van der Waals surface area contributed by atoms with Gasteiger partial charge in [-0.3, -0.25) is 4.90 Å². The summed E-state index contributed by atoms with van der Waals surface area (Å²) in [7, 11) is 0.